The molecule has 0 amide bonds. The molecule has 5 aromatic carbocycles. The topological polar surface area (TPSA) is 9.23 Å². The normalized spacial score (nSPS) is 19.1. The van der Waals surface area contributed by atoms with E-state index in [2.05, 4.69) is 48.5 Å². The van der Waals surface area contributed by atoms with E-state index >= 15 is 0 Å². The molecule has 0 unspecified atom stereocenters. The van der Waals surface area contributed by atoms with E-state index in [0.29, 0.717) is 0 Å². The van der Waals surface area contributed by atoms with Crippen LogP contribution in [-0.4, -0.2) is 0 Å². The van der Waals surface area contributed by atoms with Crippen LogP contribution in [0.2, 0.25) is 0 Å². The highest BCUT2D eigenvalue weighted by molar-refractivity contribution is 5.82. The predicted molar refractivity (Wildman–Crippen MR) is 227 cm³/mol. The average molecular weight is 697 g/mol. The number of rotatable bonds is 2. The molecule has 0 N–H and O–H groups in total. The van der Waals surface area contributed by atoms with Crippen molar-refractivity contribution in [1.82, 2.24) is 0 Å². The van der Waals surface area contributed by atoms with E-state index in [1.807, 2.05) is 97.1 Å². The molecule has 11 rings (SSSR count). The first-order valence-corrected chi connectivity index (χ1v) is 21.1. The third-order valence-electron chi connectivity index (χ3n) is 10.7. The Bertz CT molecular complexity index is 1300. The van der Waals surface area contributed by atoms with Crippen LogP contribution < -0.4 is 4.74 Å². The van der Waals surface area contributed by atoms with Crippen LogP contribution >= 0.6 is 0 Å². The molecule has 0 aliphatic heterocycles. The summed E-state index contributed by atoms with van der Waals surface area (Å²) in [7, 11) is 0. The van der Waals surface area contributed by atoms with Gasteiger partial charge in [-0.1, -0.05) is 256 Å². The van der Waals surface area contributed by atoms with E-state index in [1.54, 1.807) is 38.5 Å². The summed E-state index contributed by atoms with van der Waals surface area (Å²) >= 11 is 0. The monoisotopic (exact) mass is 697 g/mol. The van der Waals surface area contributed by atoms with Gasteiger partial charge in [-0.3, -0.25) is 0 Å². The van der Waals surface area contributed by atoms with E-state index in [0.717, 1.165) is 23.3 Å². The summed E-state index contributed by atoms with van der Waals surface area (Å²) in [4.78, 5) is 0. The smallest absolute Gasteiger partial charge is 0.127 e. The van der Waals surface area contributed by atoms with Gasteiger partial charge >= 0.3 is 0 Å². The third-order valence-corrected chi connectivity index (χ3v) is 10.7. The van der Waals surface area contributed by atoms with E-state index < -0.39 is 0 Å². The van der Waals surface area contributed by atoms with Gasteiger partial charge < -0.3 is 4.74 Å². The highest BCUT2D eigenvalue weighted by atomic mass is 16.5. The zero-order chi connectivity index (χ0) is 36.0. The summed E-state index contributed by atoms with van der Waals surface area (Å²) in [5, 5.41) is 2.62. The van der Waals surface area contributed by atoms with Gasteiger partial charge in [-0.05, 0) is 46.9 Å². The first kappa shape index (κ1) is 40.9. The van der Waals surface area contributed by atoms with Gasteiger partial charge in [-0.2, -0.15) is 0 Å². The molecule has 0 radical (unpaired) electrons. The summed E-state index contributed by atoms with van der Waals surface area (Å²) in [6.07, 6.45) is 31.9. The third kappa shape index (κ3) is 19.1. The molecule has 1 heteroatoms. The SMILES string of the molecule is C1CC2CCC1CC2.C1CCC1.C1CCCC1.C1CCCCC1.c1ccc(Oc2ccccc2)cc1.c1ccc2ccccc2c1.c1ccccc1. The average Bonchev–Trinajstić information content (AvgIpc) is 3.82. The lowest BCUT2D eigenvalue weighted by atomic mass is 9.71. The standard InChI is InChI=1S/C12H10O.C10H8.C8H14.C6H12.C6H6.C5H10.C4H8/c1-3-7-11(8-4-1)13-12-9-5-2-6-10-12;1-2-6-10-8-4-3-7-9(10)5-1;1-2-8-5-3-7(1)4-6-8;2*1-2-4-6-5-3-1;1-2-4-5-3-1;1-2-4-3-1/h1-10H;1-8H;7-8H,1-6H2;1-6H2;1-6H;1-5H2;1-4H2. The van der Waals surface area contributed by atoms with E-state index in [9.17, 15) is 0 Å². The number of ether oxygens (including phenoxy) is 1. The minimum absolute atomic E-state index is 0.869. The lowest BCUT2D eigenvalue weighted by Crippen LogP contribution is -2.21. The van der Waals surface area contributed by atoms with Crippen LogP contribution in [0, 0.1) is 11.8 Å². The Morgan fingerprint density at radius 3 is 0.654 bits per heavy atom. The molecule has 6 fully saturated rings. The Kier molecular flexibility index (Phi) is 21.9. The molecule has 6 aliphatic rings. The summed E-state index contributed by atoms with van der Waals surface area (Å²) < 4.78 is 5.58. The van der Waals surface area contributed by atoms with E-state index in [4.69, 9.17) is 4.74 Å². The number of fused-ring (bicyclic) bond motifs is 4. The van der Waals surface area contributed by atoms with Gasteiger partial charge in [0, 0.05) is 0 Å². The van der Waals surface area contributed by atoms with Crippen molar-refractivity contribution in [1.29, 1.82) is 0 Å². The van der Waals surface area contributed by atoms with Gasteiger partial charge in [0.25, 0.3) is 0 Å². The Morgan fingerprint density at radius 2 is 0.442 bits per heavy atom. The number of hydrogen-bond donors (Lipinski definition) is 0. The van der Waals surface area contributed by atoms with Crippen LogP contribution in [0.4, 0.5) is 0 Å². The number of para-hydroxylation sites is 2. The molecular weight excluding hydrogens is 629 g/mol. The molecule has 0 heterocycles. The van der Waals surface area contributed by atoms with Crippen molar-refractivity contribution >= 4 is 10.8 Å². The molecule has 52 heavy (non-hydrogen) atoms. The van der Waals surface area contributed by atoms with Gasteiger partial charge in [-0.25, -0.2) is 0 Å². The molecule has 0 saturated heterocycles. The minimum Gasteiger partial charge on any atom is -0.457 e. The predicted octanol–water partition coefficient (Wildman–Crippen LogP) is 16.4. The fourth-order valence-corrected chi connectivity index (χ4v) is 7.11. The first-order valence-electron chi connectivity index (χ1n) is 21.1. The van der Waals surface area contributed by atoms with Crippen molar-refractivity contribution in [2.24, 2.45) is 11.8 Å². The number of benzene rings is 5. The molecule has 0 aromatic heterocycles. The van der Waals surface area contributed by atoms with Crippen LogP contribution in [0.1, 0.15) is 135 Å². The van der Waals surface area contributed by atoms with Crippen molar-refractivity contribution in [2.75, 3.05) is 0 Å². The Labute approximate surface area is 318 Å². The van der Waals surface area contributed by atoms with Crippen LogP contribution in [-0.2, 0) is 0 Å². The zero-order valence-electron chi connectivity index (χ0n) is 32.3. The Morgan fingerprint density at radius 1 is 0.250 bits per heavy atom. The fraction of sp³-hybridized carbons (Fsp3) is 0.451. The maximum Gasteiger partial charge on any atom is 0.127 e. The second-order valence-electron chi connectivity index (χ2n) is 15.0. The molecule has 6 saturated carbocycles. The lowest BCUT2D eigenvalue weighted by molar-refractivity contribution is 0.176. The quantitative estimate of drug-likeness (QED) is 0.178. The van der Waals surface area contributed by atoms with Gasteiger partial charge in [-0.15, -0.1) is 0 Å². The summed E-state index contributed by atoms with van der Waals surface area (Å²) in [5.41, 5.74) is 0. The van der Waals surface area contributed by atoms with Gasteiger partial charge in [0.1, 0.15) is 11.5 Å². The largest absolute Gasteiger partial charge is 0.457 e. The van der Waals surface area contributed by atoms with E-state index in [-0.39, 0.29) is 0 Å². The van der Waals surface area contributed by atoms with Crippen LogP contribution in [0.15, 0.2) is 146 Å². The van der Waals surface area contributed by atoms with Crippen LogP contribution in [0.5, 0.6) is 11.5 Å². The van der Waals surface area contributed by atoms with Crippen molar-refractivity contribution in [3.05, 3.63) is 146 Å². The summed E-state index contributed by atoms with van der Waals surface area (Å²) in [6, 6.07) is 48.2. The van der Waals surface area contributed by atoms with Crippen LogP contribution in [0.25, 0.3) is 10.8 Å². The highest BCUT2D eigenvalue weighted by Gasteiger charge is 2.26. The van der Waals surface area contributed by atoms with Gasteiger partial charge in [0.15, 0.2) is 0 Å². The molecule has 0 atom stereocenters. The first-order chi connectivity index (χ1) is 25.9. The molecule has 2 bridgehead atoms. The molecule has 6 aliphatic carbocycles. The number of hydrogen-bond acceptors (Lipinski definition) is 1. The molecule has 278 valence electrons. The van der Waals surface area contributed by atoms with Crippen molar-refractivity contribution in [2.45, 2.75) is 135 Å². The summed E-state index contributed by atoms with van der Waals surface area (Å²) in [6.45, 7) is 0. The Hall–Kier alpha value is -3.84. The molecule has 5 aromatic rings. The highest BCUT2D eigenvalue weighted by Crippen LogP contribution is 2.40. The van der Waals surface area contributed by atoms with Gasteiger partial charge in [0.05, 0.1) is 0 Å². The van der Waals surface area contributed by atoms with Crippen molar-refractivity contribution in [3.63, 3.8) is 0 Å². The second-order valence-corrected chi connectivity index (χ2v) is 15.0. The van der Waals surface area contributed by atoms with Crippen molar-refractivity contribution in [3.8, 4) is 11.5 Å². The van der Waals surface area contributed by atoms with Crippen LogP contribution in [0.3, 0.4) is 0 Å². The van der Waals surface area contributed by atoms with Gasteiger partial charge in [0.2, 0.25) is 0 Å². The lowest BCUT2D eigenvalue weighted by Gasteiger charge is -2.35. The second kappa shape index (κ2) is 27.8. The van der Waals surface area contributed by atoms with Crippen molar-refractivity contribution < 1.29 is 4.74 Å². The maximum absolute atomic E-state index is 5.58. The minimum atomic E-state index is 0.869. The Balaban J connectivity index is 0.000000140. The molecule has 0 spiro atoms. The fourth-order valence-electron chi connectivity index (χ4n) is 7.11. The molecule has 1 nitrogen and oxygen atoms in total. The molecular formula is C51H68O. The van der Waals surface area contributed by atoms with E-state index in [1.165, 1.54) is 107 Å². The zero-order valence-corrected chi connectivity index (χ0v) is 32.3. The maximum atomic E-state index is 5.58. The summed E-state index contributed by atoms with van der Waals surface area (Å²) in [5.74, 6) is 4.04.